The number of hydrogen-bond acceptors (Lipinski definition) is 3. The lowest BCUT2D eigenvalue weighted by Gasteiger charge is -2.29. The number of carbonyl (C=O) groups is 1. The van der Waals surface area contributed by atoms with Crippen LogP contribution in [0.1, 0.15) is 23.4 Å². The minimum atomic E-state index is 0.0759. The zero-order valence-corrected chi connectivity index (χ0v) is 10.9. The number of para-hydroxylation sites is 1. The van der Waals surface area contributed by atoms with Crippen molar-refractivity contribution >= 4 is 11.6 Å². The summed E-state index contributed by atoms with van der Waals surface area (Å²) < 4.78 is 5.26. The second-order valence-corrected chi connectivity index (χ2v) is 4.82. The molecule has 1 aromatic heterocycles. The number of aromatic nitrogens is 1. The summed E-state index contributed by atoms with van der Waals surface area (Å²) in [6, 6.07) is 8.10. The number of anilines is 1. The Hall–Kier alpha value is -2.10. The molecule has 0 saturated heterocycles. The Morgan fingerprint density at radius 2 is 2.26 bits per heavy atom. The molecule has 98 valence electrons. The summed E-state index contributed by atoms with van der Waals surface area (Å²) in [5.41, 5.74) is 3.07. The number of fused-ring (bicyclic) bond motifs is 1. The fourth-order valence-electron chi connectivity index (χ4n) is 2.52. The number of rotatable bonds is 2. The molecule has 0 aliphatic carbocycles. The lowest BCUT2D eigenvalue weighted by molar-refractivity contribution is -0.118. The van der Waals surface area contributed by atoms with Gasteiger partial charge in [0, 0.05) is 12.2 Å². The van der Waals surface area contributed by atoms with Gasteiger partial charge in [-0.1, -0.05) is 18.2 Å². The van der Waals surface area contributed by atoms with E-state index in [1.807, 2.05) is 30.0 Å². The minimum absolute atomic E-state index is 0.0759. The zero-order chi connectivity index (χ0) is 13.2. The van der Waals surface area contributed by atoms with E-state index in [1.165, 1.54) is 12.0 Å². The molecule has 0 bridgehead atoms. The largest absolute Gasteiger partial charge is 0.448 e. The van der Waals surface area contributed by atoms with Crippen molar-refractivity contribution in [3.63, 3.8) is 0 Å². The highest BCUT2D eigenvalue weighted by Crippen LogP contribution is 2.27. The number of hydrogen-bond donors (Lipinski definition) is 0. The molecule has 1 aliphatic heterocycles. The Kier molecular flexibility index (Phi) is 3.07. The van der Waals surface area contributed by atoms with E-state index in [2.05, 4.69) is 11.1 Å². The SMILES string of the molecule is Cc1ncoc1CC(=O)N1CCCc2ccccc21. The third-order valence-electron chi connectivity index (χ3n) is 3.57. The highest BCUT2D eigenvalue weighted by molar-refractivity contribution is 5.95. The van der Waals surface area contributed by atoms with E-state index in [1.54, 1.807) is 0 Å². The van der Waals surface area contributed by atoms with Gasteiger partial charge < -0.3 is 9.32 Å². The molecular formula is C15H16N2O2. The molecule has 0 unspecified atom stereocenters. The van der Waals surface area contributed by atoms with Crippen molar-refractivity contribution < 1.29 is 9.21 Å². The van der Waals surface area contributed by atoms with Crippen LogP contribution in [0, 0.1) is 6.92 Å². The van der Waals surface area contributed by atoms with Crippen LogP contribution in [-0.2, 0) is 17.6 Å². The molecule has 4 nitrogen and oxygen atoms in total. The molecule has 4 heteroatoms. The first-order valence-corrected chi connectivity index (χ1v) is 6.53. The predicted octanol–water partition coefficient (Wildman–Crippen LogP) is 2.50. The Morgan fingerprint density at radius 3 is 3.05 bits per heavy atom. The fraction of sp³-hybridized carbons (Fsp3) is 0.333. The normalized spacial score (nSPS) is 14.3. The van der Waals surface area contributed by atoms with Crippen LogP contribution in [-0.4, -0.2) is 17.4 Å². The van der Waals surface area contributed by atoms with Crippen molar-refractivity contribution in [3.05, 3.63) is 47.7 Å². The summed E-state index contributed by atoms with van der Waals surface area (Å²) in [5.74, 6) is 0.736. The minimum Gasteiger partial charge on any atom is -0.448 e. The topological polar surface area (TPSA) is 46.3 Å². The van der Waals surface area contributed by atoms with Crippen molar-refractivity contribution in [3.8, 4) is 0 Å². The van der Waals surface area contributed by atoms with Crippen molar-refractivity contribution in [2.24, 2.45) is 0 Å². The van der Waals surface area contributed by atoms with Gasteiger partial charge in [0.1, 0.15) is 5.76 Å². The molecule has 0 spiro atoms. The van der Waals surface area contributed by atoms with E-state index in [0.717, 1.165) is 30.8 Å². The molecule has 0 saturated carbocycles. The summed E-state index contributed by atoms with van der Waals surface area (Å²) in [7, 11) is 0. The van der Waals surface area contributed by atoms with Crippen LogP contribution in [0.4, 0.5) is 5.69 Å². The van der Waals surface area contributed by atoms with Crippen molar-refractivity contribution in [1.29, 1.82) is 0 Å². The lowest BCUT2D eigenvalue weighted by Crippen LogP contribution is -2.36. The quantitative estimate of drug-likeness (QED) is 0.829. The van der Waals surface area contributed by atoms with Gasteiger partial charge in [-0.2, -0.15) is 0 Å². The first-order valence-electron chi connectivity index (χ1n) is 6.53. The summed E-state index contributed by atoms with van der Waals surface area (Å²) in [6.45, 7) is 2.64. The van der Waals surface area contributed by atoms with E-state index in [0.29, 0.717) is 5.76 Å². The van der Waals surface area contributed by atoms with E-state index < -0.39 is 0 Å². The van der Waals surface area contributed by atoms with E-state index in [-0.39, 0.29) is 12.3 Å². The number of carbonyl (C=O) groups excluding carboxylic acids is 1. The number of amides is 1. The Balaban J connectivity index is 1.84. The number of benzene rings is 1. The van der Waals surface area contributed by atoms with Gasteiger partial charge in [0.15, 0.2) is 6.39 Å². The smallest absolute Gasteiger partial charge is 0.234 e. The van der Waals surface area contributed by atoms with Crippen LogP contribution in [0.3, 0.4) is 0 Å². The van der Waals surface area contributed by atoms with Crippen LogP contribution in [0.2, 0.25) is 0 Å². The third kappa shape index (κ3) is 2.26. The third-order valence-corrected chi connectivity index (χ3v) is 3.57. The molecule has 1 aromatic carbocycles. The molecule has 0 radical (unpaired) electrons. The van der Waals surface area contributed by atoms with Crippen LogP contribution in [0.15, 0.2) is 35.1 Å². The molecular weight excluding hydrogens is 240 g/mol. The molecule has 2 heterocycles. The van der Waals surface area contributed by atoms with Gasteiger partial charge in [0.05, 0.1) is 12.1 Å². The van der Waals surface area contributed by atoms with Crippen LogP contribution in [0.25, 0.3) is 0 Å². The van der Waals surface area contributed by atoms with Gasteiger partial charge >= 0.3 is 0 Å². The van der Waals surface area contributed by atoms with E-state index in [9.17, 15) is 4.79 Å². The van der Waals surface area contributed by atoms with Crippen LogP contribution in [0.5, 0.6) is 0 Å². The zero-order valence-electron chi connectivity index (χ0n) is 10.9. The maximum Gasteiger partial charge on any atom is 0.234 e. The first-order chi connectivity index (χ1) is 9.25. The van der Waals surface area contributed by atoms with Crippen LogP contribution >= 0.6 is 0 Å². The Bertz CT molecular complexity index is 604. The molecule has 0 fully saturated rings. The summed E-state index contributed by atoms with van der Waals surface area (Å²) in [4.78, 5) is 18.3. The summed E-state index contributed by atoms with van der Waals surface area (Å²) in [6.07, 6.45) is 3.72. The van der Waals surface area contributed by atoms with E-state index in [4.69, 9.17) is 4.42 Å². The highest BCUT2D eigenvalue weighted by atomic mass is 16.3. The monoisotopic (exact) mass is 256 g/mol. The fourth-order valence-corrected chi connectivity index (χ4v) is 2.52. The predicted molar refractivity (Wildman–Crippen MR) is 72.1 cm³/mol. The standard InChI is InChI=1S/C15H16N2O2/c1-11-14(19-10-16-11)9-15(18)17-8-4-6-12-5-2-3-7-13(12)17/h2-3,5,7,10H,4,6,8-9H2,1H3. The molecule has 0 N–H and O–H groups in total. The molecule has 0 atom stereocenters. The van der Waals surface area contributed by atoms with Gasteiger partial charge in [0.2, 0.25) is 5.91 Å². The van der Waals surface area contributed by atoms with Crippen LogP contribution < -0.4 is 4.90 Å². The Labute approximate surface area is 112 Å². The van der Waals surface area contributed by atoms with Gasteiger partial charge in [-0.05, 0) is 31.4 Å². The maximum absolute atomic E-state index is 12.4. The van der Waals surface area contributed by atoms with E-state index >= 15 is 0 Å². The second-order valence-electron chi connectivity index (χ2n) is 4.82. The molecule has 19 heavy (non-hydrogen) atoms. The number of aryl methyl sites for hydroxylation is 2. The lowest BCUT2D eigenvalue weighted by atomic mass is 10.0. The Morgan fingerprint density at radius 1 is 1.42 bits per heavy atom. The number of nitrogens with zero attached hydrogens (tertiary/aromatic N) is 2. The van der Waals surface area contributed by atoms with Crippen molar-refractivity contribution in [1.82, 2.24) is 4.98 Å². The van der Waals surface area contributed by atoms with Crippen molar-refractivity contribution in [2.75, 3.05) is 11.4 Å². The van der Waals surface area contributed by atoms with Gasteiger partial charge in [-0.25, -0.2) is 4.98 Å². The average Bonchev–Trinajstić information content (AvgIpc) is 2.83. The van der Waals surface area contributed by atoms with Crippen molar-refractivity contribution in [2.45, 2.75) is 26.2 Å². The van der Waals surface area contributed by atoms with Gasteiger partial charge in [0.25, 0.3) is 0 Å². The molecule has 1 aliphatic rings. The maximum atomic E-state index is 12.4. The summed E-state index contributed by atoms with van der Waals surface area (Å²) in [5, 5.41) is 0. The van der Waals surface area contributed by atoms with Gasteiger partial charge in [-0.3, -0.25) is 4.79 Å². The molecule has 2 aromatic rings. The van der Waals surface area contributed by atoms with Gasteiger partial charge in [-0.15, -0.1) is 0 Å². The highest BCUT2D eigenvalue weighted by Gasteiger charge is 2.23. The first kappa shape index (κ1) is 12.0. The molecule has 1 amide bonds. The number of oxazole rings is 1. The molecule has 3 rings (SSSR count). The second kappa shape index (κ2) is 4.88. The average molecular weight is 256 g/mol. The summed E-state index contributed by atoms with van der Waals surface area (Å²) >= 11 is 0.